The van der Waals surface area contributed by atoms with Gasteiger partial charge in [-0.3, -0.25) is 4.79 Å². The SMILES string of the molecule is CCNc1ncc(Br)cc1C(=O)Nc1ccccc1OC. The molecule has 0 radical (unpaired) electrons. The smallest absolute Gasteiger partial charge is 0.259 e. The molecule has 0 aliphatic heterocycles. The molecule has 21 heavy (non-hydrogen) atoms. The lowest BCUT2D eigenvalue weighted by Crippen LogP contribution is -2.16. The number of ether oxygens (including phenoxy) is 1. The lowest BCUT2D eigenvalue weighted by Gasteiger charge is -2.12. The zero-order valence-corrected chi connectivity index (χ0v) is 13.4. The van der Waals surface area contributed by atoms with Crippen molar-refractivity contribution in [2.24, 2.45) is 0 Å². The monoisotopic (exact) mass is 349 g/mol. The quantitative estimate of drug-likeness (QED) is 0.866. The number of halogens is 1. The van der Waals surface area contributed by atoms with Gasteiger partial charge in [-0.1, -0.05) is 12.1 Å². The molecule has 1 aromatic heterocycles. The molecule has 0 saturated carbocycles. The third-order valence-corrected chi connectivity index (χ3v) is 3.23. The van der Waals surface area contributed by atoms with Crippen molar-refractivity contribution in [3.63, 3.8) is 0 Å². The van der Waals surface area contributed by atoms with Crippen molar-refractivity contribution < 1.29 is 9.53 Å². The van der Waals surface area contributed by atoms with E-state index < -0.39 is 0 Å². The van der Waals surface area contributed by atoms with Crippen molar-refractivity contribution in [1.29, 1.82) is 0 Å². The van der Waals surface area contributed by atoms with Gasteiger partial charge in [-0.05, 0) is 41.1 Å². The van der Waals surface area contributed by atoms with E-state index in [1.807, 2.05) is 19.1 Å². The van der Waals surface area contributed by atoms with Gasteiger partial charge in [-0.2, -0.15) is 0 Å². The van der Waals surface area contributed by atoms with Crippen molar-refractivity contribution in [2.75, 3.05) is 24.3 Å². The van der Waals surface area contributed by atoms with E-state index in [9.17, 15) is 4.79 Å². The number of carbonyl (C=O) groups is 1. The Labute approximate surface area is 131 Å². The molecule has 0 unspecified atom stereocenters. The molecule has 0 aliphatic carbocycles. The average Bonchev–Trinajstić information content (AvgIpc) is 2.49. The molecule has 0 atom stereocenters. The van der Waals surface area contributed by atoms with Crippen LogP contribution in [0.5, 0.6) is 5.75 Å². The highest BCUT2D eigenvalue weighted by atomic mass is 79.9. The first-order chi connectivity index (χ1) is 10.2. The molecule has 6 heteroatoms. The minimum Gasteiger partial charge on any atom is -0.495 e. The Morgan fingerprint density at radius 3 is 2.86 bits per heavy atom. The van der Waals surface area contributed by atoms with E-state index in [-0.39, 0.29) is 5.91 Å². The second-order valence-electron chi connectivity index (χ2n) is 4.23. The summed E-state index contributed by atoms with van der Waals surface area (Å²) in [5, 5.41) is 5.91. The number of para-hydroxylation sites is 2. The molecular weight excluding hydrogens is 334 g/mol. The molecule has 2 aromatic rings. The van der Waals surface area contributed by atoms with E-state index in [4.69, 9.17) is 4.74 Å². The van der Waals surface area contributed by atoms with E-state index >= 15 is 0 Å². The van der Waals surface area contributed by atoms with Crippen LogP contribution >= 0.6 is 15.9 Å². The van der Waals surface area contributed by atoms with E-state index in [2.05, 4.69) is 31.5 Å². The van der Waals surface area contributed by atoms with Gasteiger partial charge in [-0.15, -0.1) is 0 Å². The molecule has 0 aliphatic rings. The lowest BCUT2D eigenvalue weighted by molar-refractivity contribution is 0.102. The van der Waals surface area contributed by atoms with Crippen LogP contribution in [0, 0.1) is 0 Å². The number of rotatable bonds is 5. The number of benzene rings is 1. The van der Waals surface area contributed by atoms with Crippen LogP contribution in [0.15, 0.2) is 41.0 Å². The molecule has 2 rings (SSSR count). The highest BCUT2D eigenvalue weighted by Gasteiger charge is 2.15. The predicted molar refractivity (Wildman–Crippen MR) is 87.0 cm³/mol. The zero-order valence-electron chi connectivity index (χ0n) is 11.8. The molecule has 2 N–H and O–H groups in total. The third-order valence-electron chi connectivity index (χ3n) is 2.80. The van der Waals surface area contributed by atoms with Crippen LogP contribution in [-0.4, -0.2) is 24.5 Å². The number of nitrogens with one attached hydrogen (secondary N) is 2. The molecule has 0 saturated heterocycles. The number of nitrogens with zero attached hydrogens (tertiary/aromatic N) is 1. The fourth-order valence-electron chi connectivity index (χ4n) is 1.86. The summed E-state index contributed by atoms with van der Waals surface area (Å²) in [6.45, 7) is 2.63. The minimum absolute atomic E-state index is 0.246. The second kappa shape index (κ2) is 7.08. The zero-order chi connectivity index (χ0) is 15.2. The predicted octanol–water partition coefficient (Wildman–Crippen LogP) is 3.54. The summed E-state index contributed by atoms with van der Waals surface area (Å²) in [6, 6.07) is 8.99. The minimum atomic E-state index is -0.246. The fraction of sp³-hybridized carbons (Fsp3) is 0.200. The highest BCUT2D eigenvalue weighted by Crippen LogP contribution is 2.25. The summed E-state index contributed by atoms with van der Waals surface area (Å²) >= 11 is 3.33. The van der Waals surface area contributed by atoms with Crippen LogP contribution in [-0.2, 0) is 0 Å². The largest absolute Gasteiger partial charge is 0.495 e. The summed E-state index contributed by atoms with van der Waals surface area (Å²) in [5.41, 5.74) is 1.09. The van der Waals surface area contributed by atoms with E-state index in [1.54, 1.807) is 31.5 Å². The summed E-state index contributed by atoms with van der Waals surface area (Å²) in [4.78, 5) is 16.7. The molecule has 0 bridgehead atoms. The van der Waals surface area contributed by atoms with Crippen molar-refractivity contribution in [1.82, 2.24) is 4.98 Å². The third kappa shape index (κ3) is 3.72. The van der Waals surface area contributed by atoms with Gasteiger partial charge in [0, 0.05) is 17.2 Å². The molecule has 5 nitrogen and oxygen atoms in total. The van der Waals surface area contributed by atoms with Crippen molar-refractivity contribution in [3.8, 4) is 5.75 Å². The standard InChI is InChI=1S/C15H16BrN3O2/c1-3-17-14-11(8-10(16)9-18-14)15(20)19-12-6-4-5-7-13(12)21-2/h4-9H,3H2,1-2H3,(H,17,18)(H,19,20). The first-order valence-electron chi connectivity index (χ1n) is 6.49. The number of aromatic nitrogens is 1. The average molecular weight is 350 g/mol. The lowest BCUT2D eigenvalue weighted by atomic mass is 10.2. The van der Waals surface area contributed by atoms with Crippen LogP contribution in [0.3, 0.4) is 0 Å². The number of anilines is 2. The second-order valence-corrected chi connectivity index (χ2v) is 5.15. The molecule has 1 heterocycles. The maximum absolute atomic E-state index is 12.5. The van der Waals surface area contributed by atoms with Gasteiger partial charge < -0.3 is 15.4 Å². The van der Waals surface area contributed by atoms with Gasteiger partial charge in [0.15, 0.2) is 0 Å². The van der Waals surface area contributed by atoms with Crippen molar-refractivity contribution in [2.45, 2.75) is 6.92 Å². The number of pyridine rings is 1. The molecule has 110 valence electrons. The Hall–Kier alpha value is -2.08. The maximum atomic E-state index is 12.5. The summed E-state index contributed by atoms with van der Waals surface area (Å²) < 4.78 is 5.97. The molecule has 1 aromatic carbocycles. The maximum Gasteiger partial charge on any atom is 0.259 e. The summed E-state index contributed by atoms with van der Waals surface area (Å²) in [6.07, 6.45) is 1.65. The van der Waals surface area contributed by atoms with E-state index in [0.29, 0.717) is 29.4 Å². The van der Waals surface area contributed by atoms with Gasteiger partial charge in [-0.25, -0.2) is 4.98 Å². The van der Waals surface area contributed by atoms with E-state index in [0.717, 1.165) is 4.47 Å². The van der Waals surface area contributed by atoms with Crippen molar-refractivity contribution in [3.05, 3.63) is 46.6 Å². The molecule has 1 amide bonds. The van der Waals surface area contributed by atoms with Gasteiger partial charge in [0.25, 0.3) is 5.91 Å². The number of carbonyl (C=O) groups excluding carboxylic acids is 1. The van der Waals surface area contributed by atoms with Crippen LogP contribution in [0.1, 0.15) is 17.3 Å². The van der Waals surface area contributed by atoms with Crippen molar-refractivity contribution >= 4 is 33.3 Å². The van der Waals surface area contributed by atoms with Gasteiger partial charge in [0.2, 0.25) is 0 Å². The Morgan fingerprint density at radius 2 is 2.14 bits per heavy atom. The topological polar surface area (TPSA) is 63.2 Å². The number of hydrogen-bond acceptors (Lipinski definition) is 4. The molecular formula is C15H16BrN3O2. The van der Waals surface area contributed by atoms with Gasteiger partial charge in [0.05, 0.1) is 18.4 Å². The normalized spacial score (nSPS) is 10.0. The molecule has 0 spiro atoms. The van der Waals surface area contributed by atoms with Crippen LogP contribution in [0.2, 0.25) is 0 Å². The number of methoxy groups -OCH3 is 1. The fourth-order valence-corrected chi connectivity index (χ4v) is 2.19. The first kappa shape index (κ1) is 15.3. The van der Waals surface area contributed by atoms with Crippen LogP contribution < -0.4 is 15.4 Å². The number of hydrogen-bond donors (Lipinski definition) is 2. The van der Waals surface area contributed by atoms with Gasteiger partial charge >= 0.3 is 0 Å². The summed E-state index contributed by atoms with van der Waals surface area (Å²) in [7, 11) is 1.57. The first-order valence-corrected chi connectivity index (χ1v) is 7.28. The Kier molecular flexibility index (Phi) is 5.16. The van der Waals surface area contributed by atoms with Crippen LogP contribution in [0.25, 0.3) is 0 Å². The Bertz CT molecular complexity index is 647. The molecule has 0 fully saturated rings. The Morgan fingerprint density at radius 1 is 1.38 bits per heavy atom. The van der Waals surface area contributed by atoms with E-state index in [1.165, 1.54) is 0 Å². The van der Waals surface area contributed by atoms with Gasteiger partial charge in [0.1, 0.15) is 11.6 Å². The highest BCUT2D eigenvalue weighted by molar-refractivity contribution is 9.10. The Balaban J connectivity index is 2.29. The summed E-state index contributed by atoms with van der Waals surface area (Å²) in [5.74, 6) is 0.913. The van der Waals surface area contributed by atoms with Crippen LogP contribution in [0.4, 0.5) is 11.5 Å². The number of amides is 1.